The van der Waals surface area contributed by atoms with E-state index >= 15 is 0 Å². The Morgan fingerprint density at radius 3 is 2.47 bits per heavy atom. The number of hydrogen-bond donors (Lipinski definition) is 1. The normalized spacial score (nSPS) is 14.3. The van der Waals surface area contributed by atoms with Gasteiger partial charge in [-0.15, -0.1) is 0 Å². The highest BCUT2D eigenvalue weighted by Crippen LogP contribution is 2.27. The number of methoxy groups -OCH3 is 1. The van der Waals surface area contributed by atoms with Crippen molar-refractivity contribution in [2.24, 2.45) is 0 Å². The van der Waals surface area contributed by atoms with E-state index in [0.717, 1.165) is 17.1 Å². The van der Waals surface area contributed by atoms with E-state index in [1.54, 1.807) is 20.3 Å². The number of hydrogen-bond acceptors (Lipinski definition) is 3. The Hall–Kier alpha value is -1.74. The summed E-state index contributed by atoms with van der Waals surface area (Å²) in [6.07, 6.45) is 2.06. The highest BCUT2D eigenvalue weighted by molar-refractivity contribution is 5.31. The molecule has 0 aliphatic heterocycles. The van der Waals surface area contributed by atoms with Gasteiger partial charge in [-0.2, -0.15) is 0 Å². The molecule has 17 heavy (non-hydrogen) atoms. The van der Waals surface area contributed by atoms with E-state index in [0.29, 0.717) is 6.42 Å². The molecule has 1 heterocycles. The lowest BCUT2D eigenvalue weighted by Crippen LogP contribution is -2.23. The summed E-state index contributed by atoms with van der Waals surface area (Å²) in [5.74, 6) is 1.55. The Morgan fingerprint density at radius 1 is 1.24 bits per heavy atom. The molecular formula is C14H16O3. The Balaban J connectivity index is 2.18. The Morgan fingerprint density at radius 2 is 1.94 bits per heavy atom. The molecule has 3 heteroatoms. The summed E-state index contributed by atoms with van der Waals surface area (Å²) >= 11 is 0. The average molecular weight is 232 g/mol. The van der Waals surface area contributed by atoms with Gasteiger partial charge in [-0.25, -0.2) is 0 Å². The minimum atomic E-state index is -0.940. The van der Waals surface area contributed by atoms with Crippen LogP contribution in [0.15, 0.2) is 47.1 Å². The fourth-order valence-corrected chi connectivity index (χ4v) is 1.80. The van der Waals surface area contributed by atoms with Crippen LogP contribution in [0.5, 0.6) is 5.75 Å². The summed E-state index contributed by atoms with van der Waals surface area (Å²) in [5.41, 5.74) is -0.0980. The number of aliphatic hydroxyl groups is 1. The SMILES string of the molecule is COc1ccc(C(C)(O)Cc2ccco2)cc1. The third-order valence-corrected chi connectivity index (χ3v) is 2.81. The zero-order valence-electron chi connectivity index (χ0n) is 10.0. The highest BCUT2D eigenvalue weighted by atomic mass is 16.5. The van der Waals surface area contributed by atoms with E-state index in [9.17, 15) is 5.11 Å². The van der Waals surface area contributed by atoms with Gasteiger partial charge in [0, 0.05) is 6.42 Å². The van der Waals surface area contributed by atoms with Crippen LogP contribution in [-0.2, 0) is 12.0 Å². The highest BCUT2D eigenvalue weighted by Gasteiger charge is 2.24. The first-order chi connectivity index (χ1) is 8.12. The van der Waals surface area contributed by atoms with Gasteiger partial charge >= 0.3 is 0 Å². The molecule has 0 spiro atoms. The second kappa shape index (κ2) is 4.63. The molecule has 2 aromatic rings. The molecule has 0 aliphatic carbocycles. The molecule has 0 radical (unpaired) electrons. The van der Waals surface area contributed by atoms with Crippen molar-refractivity contribution in [3.63, 3.8) is 0 Å². The first kappa shape index (κ1) is 11.7. The fourth-order valence-electron chi connectivity index (χ4n) is 1.80. The van der Waals surface area contributed by atoms with Gasteiger partial charge in [0.05, 0.1) is 19.0 Å². The second-order valence-electron chi connectivity index (χ2n) is 4.26. The lowest BCUT2D eigenvalue weighted by molar-refractivity contribution is 0.0521. The molecule has 0 amide bonds. The summed E-state index contributed by atoms with van der Waals surface area (Å²) in [7, 11) is 1.62. The summed E-state index contributed by atoms with van der Waals surface area (Å²) in [5, 5.41) is 10.4. The molecular weight excluding hydrogens is 216 g/mol. The molecule has 1 atom stereocenters. The van der Waals surface area contributed by atoms with Crippen molar-refractivity contribution in [2.75, 3.05) is 7.11 Å². The molecule has 2 rings (SSSR count). The van der Waals surface area contributed by atoms with Crippen LogP contribution in [0.4, 0.5) is 0 Å². The maximum absolute atomic E-state index is 10.4. The predicted octanol–water partition coefficient (Wildman–Crippen LogP) is 2.74. The van der Waals surface area contributed by atoms with Gasteiger partial charge in [-0.3, -0.25) is 0 Å². The van der Waals surface area contributed by atoms with Crippen LogP contribution in [0.3, 0.4) is 0 Å². The van der Waals surface area contributed by atoms with Crippen molar-refractivity contribution >= 4 is 0 Å². The first-order valence-electron chi connectivity index (χ1n) is 5.51. The molecule has 90 valence electrons. The summed E-state index contributed by atoms with van der Waals surface area (Å²) in [6.45, 7) is 1.78. The molecule has 1 aromatic carbocycles. The van der Waals surface area contributed by atoms with Crippen molar-refractivity contribution in [1.29, 1.82) is 0 Å². The average Bonchev–Trinajstić information content (AvgIpc) is 2.81. The van der Waals surface area contributed by atoms with Gasteiger partial charge in [0.1, 0.15) is 11.5 Å². The smallest absolute Gasteiger partial charge is 0.118 e. The zero-order valence-corrected chi connectivity index (χ0v) is 10.0. The first-order valence-corrected chi connectivity index (χ1v) is 5.51. The van der Waals surface area contributed by atoms with E-state index in [4.69, 9.17) is 9.15 Å². The molecule has 1 aromatic heterocycles. The number of rotatable bonds is 4. The maximum Gasteiger partial charge on any atom is 0.118 e. The maximum atomic E-state index is 10.4. The second-order valence-corrected chi connectivity index (χ2v) is 4.26. The minimum absolute atomic E-state index is 0.451. The quantitative estimate of drug-likeness (QED) is 0.881. The van der Waals surface area contributed by atoms with Crippen LogP contribution in [0.25, 0.3) is 0 Å². The van der Waals surface area contributed by atoms with Crippen molar-refractivity contribution in [3.8, 4) is 5.75 Å². The standard InChI is InChI=1S/C14H16O3/c1-14(15,10-13-4-3-9-17-13)11-5-7-12(16-2)8-6-11/h3-9,15H,10H2,1-2H3. The topological polar surface area (TPSA) is 42.6 Å². The molecule has 0 saturated carbocycles. The van der Waals surface area contributed by atoms with Crippen molar-refractivity contribution in [3.05, 3.63) is 54.0 Å². The van der Waals surface area contributed by atoms with Crippen molar-refractivity contribution in [2.45, 2.75) is 18.9 Å². The minimum Gasteiger partial charge on any atom is -0.497 e. The number of ether oxygens (including phenoxy) is 1. The van der Waals surface area contributed by atoms with Gasteiger partial charge in [0.15, 0.2) is 0 Å². The van der Waals surface area contributed by atoms with Gasteiger partial charge in [0.25, 0.3) is 0 Å². The third-order valence-electron chi connectivity index (χ3n) is 2.81. The van der Waals surface area contributed by atoms with E-state index in [1.807, 2.05) is 36.4 Å². The lowest BCUT2D eigenvalue weighted by Gasteiger charge is -2.22. The van der Waals surface area contributed by atoms with E-state index in [1.165, 1.54) is 0 Å². The van der Waals surface area contributed by atoms with E-state index in [-0.39, 0.29) is 0 Å². The van der Waals surface area contributed by atoms with Crippen LogP contribution in [0.2, 0.25) is 0 Å². The van der Waals surface area contributed by atoms with Crippen LogP contribution >= 0.6 is 0 Å². The zero-order chi connectivity index (χ0) is 12.3. The van der Waals surface area contributed by atoms with Crippen molar-refractivity contribution in [1.82, 2.24) is 0 Å². The lowest BCUT2D eigenvalue weighted by atomic mass is 9.91. The van der Waals surface area contributed by atoms with Gasteiger partial charge in [-0.1, -0.05) is 12.1 Å². The Kier molecular flexibility index (Phi) is 3.20. The van der Waals surface area contributed by atoms with E-state index in [2.05, 4.69) is 0 Å². The monoisotopic (exact) mass is 232 g/mol. The number of furan rings is 1. The van der Waals surface area contributed by atoms with Crippen molar-refractivity contribution < 1.29 is 14.3 Å². The van der Waals surface area contributed by atoms with Gasteiger partial charge in [-0.05, 0) is 36.8 Å². The molecule has 1 N–H and O–H groups in total. The summed E-state index contributed by atoms with van der Waals surface area (Å²) in [4.78, 5) is 0. The molecule has 3 nitrogen and oxygen atoms in total. The Labute approximate surface area is 101 Å². The summed E-state index contributed by atoms with van der Waals surface area (Å²) < 4.78 is 10.3. The van der Waals surface area contributed by atoms with Crippen LogP contribution in [0, 0.1) is 0 Å². The summed E-state index contributed by atoms with van der Waals surface area (Å²) in [6, 6.07) is 11.1. The largest absolute Gasteiger partial charge is 0.497 e. The molecule has 1 unspecified atom stereocenters. The fraction of sp³-hybridized carbons (Fsp3) is 0.286. The third kappa shape index (κ3) is 2.68. The van der Waals surface area contributed by atoms with Crippen LogP contribution < -0.4 is 4.74 Å². The molecule has 0 saturated heterocycles. The van der Waals surface area contributed by atoms with Gasteiger partial charge < -0.3 is 14.3 Å². The van der Waals surface area contributed by atoms with Crippen LogP contribution in [0.1, 0.15) is 18.2 Å². The Bertz CT molecular complexity index is 455. The molecule has 0 fully saturated rings. The van der Waals surface area contributed by atoms with Crippen LogP contribution in [-0.4, -0.2) is 12.2 Å². The predicted molar refractivity (Wildman–Crippen MR) is 65.0 cm³/mol. The molecule has 0 bridgehead atoms. The van der Waals surface area contributed by atoms with E-state index < -0.39 is 5.60 Å². The van der Waals surface area contributed by atoms with Gasteiger partial charge in [0.2, 0.25) is 0 Å². The molecule has 0 aliphatic rings. The number of benzene rings is 1.